The van der Waals surface area contributed by atoms with Gasteiger partial charge in [-0.15, -0.1) is 0 Å². The lowest BCUT2D eigenvalue weighted by molar-refractivity contribution is -0.137. The summed E-state index contributed by atoms with van der Waals surface area (Å²) in [6, 6.07) is 8.23. The van der Waals surface area contributed by atoms with Crippen molar-refractivity contribution in [2.24, 2.45) is 0 Å². The van der Waals surface area contributed by atoms with E-state index in [2.05, 4.69) is 0 Å². The number of amides is 1. The maximum Gasteiger partial charge on any atom is 0.416 e. The Morgan fingerprint density at radius 1 is 1.13 bits per heavy atom. The molecule has 168 valence electrons. The molecule has 0 aromatic heterocycles. The topological polar surface area (TPSA) is 122 Å². The van der Waals surface area contributed by atoms with Crippen LogP contribution in [0.3, 0.4) is 0 Å². The Labute approximate surface area is 176 Å². The number of nitrogens with two attached hydrogens (primary N) is 1. The van der Waals surface area contributed by atoms with Crippen molar-refractivity contribution in [2.75, 3.05) is 18.8 Å². The van der Waals surface area contributed by atoms with E-state index in [4.69, 9.17) is 15.7 Å². The molecule has 8 nitrogen and oxygen atoms in total. The number of alkyl halides is 3. The highest BCUT2D eigenvalue weighted by atomic mass is 32.2. The number of nitrogens with one attached hydrogen (secondary N) is 1. The lowest BCUT2D eigenvalue weighted by Crippen LogP contribution is -2.42. The normalized spacial score (nSPS) is 16.1. The largest absolute Gasteiger partial charge is 0.490 e. The van der Waals surface area contributed by atoms with Crippen LogP contribution < -0.4 is 16.0 Å². The zero-order chi connectivity index (χ0) is 22.8. The molecule has 0 saturated carbocycles. The number of carbonyl (C=O) groups is 1. The van der Waals surface area contributed by atoms with Crippen molar-refractivity contribution < 1.29 is 36.3 Å². The van der Waals surface area contributed by atoms with E-state index < -0.39 is 27.7 Å². The number of hydroxylamine groups is 1. The molecule has 0 bridgehead atoms. The van der Waals surface area contributed by atoms with Gasteiger partial charge in [-0.05, 0) is 49.2 Å². The molecule has 4 N–H and O–H groups in total. The van der Waals surface area contributed by atoms with Crippen LogP contribution in [0.4, 0.5) is 18.9 Å². The van der Waals surface area contributed by atoms with Crippen LogP contribution in [-0.2, 0) is 16.2 Å². The van der Waals surface area contributed by atoms with E-state index >= 15 is 0 Å². The van der Waals surface area contributed by atoms with Crippen molar-refractivity contribution in [2.45, 2.75) is 30.0 Å². The minimum atomic E-state index is -4.44. The van der Waals surface area contributed by atoms with E-state index in [0.717, 1.165) is 12.1 Å². The van der Waals surface area contributed by atoms with Gasteiger partial charge >= 0.3 is 6.18 Å². The second kappa shape index (κ2) is 8.73. The molecule has 1 amide bonds. The first kappa shape index (κ1) is 22.8. The van der Waals surface area contributed by atoms with Crippen LogP contribution in [-0.4, -0.2) is 43.0 Å². The molecule has 1 saturated heterocycles. The van der Waals surface area contributed by atoms with Crippen LogP contribution in [0.25, 0.3) is 0 Å². The number of rotatable bonds is 5. The highest BCUT2D eigenvalue weighted by molar-refractivity contribution is 7.89. The standard InChI is InChI=1S/C19H20F3N3O5S/c20-19(21,22)12-4-6-13(7-5-12)30-14-8-10-25(11-9-14)31(28,29)16-3-1-2-15(23)17(16)18(26)24-27/h1-7,14,27H,8-11,23H2,(H,24,26). The number of hydrogen-bond donors (Lipinski definition) is 3. The second-order valence-electron chi connectivity index (χ2n) is 6.90. The summed E-state index contributed by atoms with van der Waals surface area (Å²) in [5.74, 6) is -0.788. The molecule has 2 aromatic rings. The van der Waals surface area contributed by atoms with Crippen LogP contribution in [0.15, 0.2) is 47.4 Å². The highest BCUT2D eigenvalue weighted by Gasteiger charge is 2.34. The van der Waals surface area contributed by atoms with E-state index in [9.17, 15) is 26.4 Å². The lowest BCUT2D eigenvalue weighted by atomic mass is 10.1. The minimum absolute atomic E-state index is 0.0720. The number of piperidine rings is 1. The first-order valence-electron chi connectivity index (χ1n) is 9.21. The zero-order valence-electron chi connectivity index (χ0n) is 16.1. The van der Waals surface area contributed by atoms with Crippen molar-refractivity contribution >= 4 is 21.6 Å². The zero-order valence-corrected chi connectivity index (χ0v) is 16.9. The van der Waals surface area contributed by atoms with Crippen LogP contribution in [0.5, 0.6) is 5.75 Å². The fraction of sp³-hybridized carbons (Fsp3) is 0.316. The van der Waals surface area contributed by atoms with Gasteiger partial charge in [0, 0.05) is 18.8 Å². The SMILES string of the molecule is Nc1cccc(S(=O)(=O)N2CCC(Oc3ccc(C(F)(F)F)cc3)CC2)c1C(=O)NO. The van der Waals surface area contributed by atoms with Gasteiger partial charge in [0.25, 0.3) is 5.91 Å². The Kier molecular flexibility index (Phi) is 6.43. The van der Waals surface area contributed by atoms with E-state index in [0.29, 0.717) is 12.8 Å². The van der Waals surface area contributed by atoms with Crippen molar-refractivity contribution in [1.82, 2.24) is 9.79 Å². The molecule has 1 fully saturated rings. The minimum Gasteiger partial charge on any atom is -0.490 e. The summed E-state index contributed by atoms with van der Waals surface area (Å²) in [5, 5.41) is 8.91. The van der Waals surface area contributed by atoms with Crippen LogP contribution in [0, 0.1) is 0 Å². The number of sulfonamides is 1. The van der Waals surface area contributed by atoms with Gasteiger partial charge in [0.1, 0.15) is 11.9 Å². The fourth-order valence-electron chi connectivity index (χ4n) is 3.31. The number of hydrogen-bond acceptors (Lipinski definition) is 6. The van der Waals surface area contributed by atoms with Gasteiger partial charge in [0.05, 0.1) is 16.0 Å². The number of benzene rings is 2. The Hall–Kier alpha value is -2.83. The van der Waals surface area contributed by atoms with Gasteiger partial charge in [-0.1, -0.05) is 6.07 Å². The Balaban J connectivity index is 1.70. The van der Waals surface area contributed by atoms with Crippen molar-refractivity contribution in [3.05, 3.63) is 53.6 Å². The van der Waals surface area contributed by atoms with Crippen molar-refractivity contribution in [1.29, 1.82) is 0 Å². The van der Waals surface area contributed by atoms with Crippen LogP contribution in [0.1, 0.15) is 28.8 Å². The number of ether oxygens (including phenoxy) is 1. The monoisotopic (exact) mass is 459 g/mol. The van der Waals surface area contributed by atoms with Gasteiger partial charge in [-0.2, -0.15) is 17.5 Å². The number of nitrogen functional groups attached to an aromatic ring is 1. The first-order valence-corrected chi connectivity index (χ1v) is 10.6. The average Bonchev–Trinajstić information content (AvgIpc) is 2.73. The molecule has 0 atom stereocenters. The highest BCUT2D eigenvalue weighted by Crippen LogP contribution is 2.31. The number of nitrogens with zero attached hydrogens (tertiary/aromatic N) is 1. The Bertz CT molecular complexity index is 1050. The quantitative estimate of drug-likeness (QED) is 0.359. The molecule has 0 radical (unpaired) electrons. The van der Waals surface area contributed by atoms with Gasteiger partial charge in [-0.3, -0.25) is 10.0 Å². The van der Waals surface area contributed by atoms with E-state index in [1.54, 1.807) is 0 Å². The van der Waals surface area contributed by atoms with E-state index in [-0.39, 0.29) is 41.1 Å². The first-order chi connectivity index (χ1) is 14.5. The number of carbonyl (C=O) groups excluding carboxylic acids is 1. The average molecular weight is 459 g/mol. The van der Waals surface area contributed by atoms with Crippen molar-refractivity contribution in [3.8, 4) is 5.75 Å². The summed E-state index contributed by atoms with van der Waals surface area (Å²) in [6.45, 7) is 0.144. The fourth-order valence-corrected chi connectivity index (χ4v) is 5.00. The lowest BCUT2D eigenvalue weighted by Gasteiger charge is -2.32. The molecule has 2 aromatic carbocycles. The third kappa shape index (κ3) is 4.92. The summed E-state index contributed by atoms with van der Waals surface area (Å²) in [5.41, 5.74) is 5.87. The van der Waals surface area contributed by atoms with E-state index in [1.807, 2.05) is 0 Å². The van der Waals surface area contributed by atoms with Crippen LogP contribution >= 0.6 is 0 Å². The number of anilines is 1. The summed E-state index contributed by atoms with van der Waals surface area (Å²) in [4.78, 5) is 11.6. The van der Waals surface area contributed by atoms with Gasteiger partial charge in [0.15, 0.2) is 0 Å². The molecule has 3 rings (SSSR count). The third-order valence-electron chi connectivity index (χ3n) is 4.89. The van der Waals surface area contributed by atoms with Gasteiger partial charge in [-0.25, -0.2) is 13.9 Å². The summed E-state index contributed by atoms with van der Waals surface area (Å²) in [7, 11) is -4.09. The molecule has 0 spiro atoms. The summed E-state index contributed by atoms with van der Waals surface area (Å²) < 4.78 is 70.9. The van der Waals surface area contributed by atoms with Gasteiger partial charge in [0.2, 0.25) is 10.0 Å². The molecule has 1 aliphatic heterocycles. The van der Waals surface area contributed by atoms with Crippen molar-refractivity contribution in [3.63, 3.8) is 0 Å². The molecular weight excluding hydrogens is 439 g/mol. The Morgan fingerprint density at radius 3 is 2.29 bits per heavy atom. The molecule has 1 aliphatic rings. The van der Waals surface area contributed by atoms with E-state index in [1.165, 1.54) is 40.1 Å². The molecule has 0 aliphatic carbocycles. The second-order valence-corrected chi connectivity index (χ2v) is 8.81. The predicted molar refractivity (Wildman–Crippen MR) is 104 cm³/mol. The predicted octanol–water partition coefficient (Wildman–Crippen LogP) is 2.64. The molecular formula is C19H20F3N3O5S. The van der Waals surface area contributed by atoms with Gasteiger partial charge < -0.3 is 10.5 Å². The van der Waals surface area contributed by atoms with Crippen LogP contribution in [0.2, 0.25) is 0 Å². The summed E-state index contributed by atoms with van der Waals surface area (Å²) in [6.07, 6.45) is -4.23. The molecule has 0 unspecified atom stereocenters. The molecule has 1 heterocycles. The molecule has 12 heteroatoms. The maximum atomic E-state index is 13.0. The summed E-state index contributed by atoms with van der Waals surface area (Å²) >= 11 is 0. The maximum absolute atomic E-state index is 13.0. The smallest absolute Gasteiger partial charge is 0.416 e. The third-order valence-corrected chi connectivity index (χ3v) is 6.83. The Morgan fingerprint density at radius 2 is 1.74 bits per heavy atom. The number of halogens is 3. The molecule has 31 heavy (non-hydrogen) atoms.